The average molecular weight is 204 g/mol. The summed E-state index contributed by atoms with van der Waals surface area (Å²) in [5.41, 5.74) is 5.41. The minimum Gasteiger partial charge on any atom is -0.0610 e. The van der Waals surface area contributed by atoms with Crippen LogP contribution in [0, 0.1) is 0 Å². The first-order valence-electron chi connectivity index (χ1n) is 5.48. The quantitative estimate of drug-likeness (QED) is 0.560. The van der Waals surface area contributed by atoms with Crippen LogP contribution in [0.1, 0.15) is 0 Å². The molecular formula is C16H12. The molecule has 0 bridgehead atoms. The maximum Gasteiger partial charge on any atom is -0.0184 e. The standard InChI is InChI=1S/2C8H6/c2*1-3-7-5-2-6-8(7)4-1/h2*1-6H. The van der Waals surface area contributed by atoms with Crippen molar-refractivity contribution in [3.8, 4) is 0 Å². The van der Waals surface area contributed by atoms with Gasteiger partial charge in [-0.1, -0.05) is 72.9 Å². The topological polar surface area (TPSA) is 0 Å². The van der Waals surface area contributed by atoms with Gasteiger partial charge >= 0.3 is 0 Å². The fourth-order valence-corrected chi connectivity index (χ4v) is 2.01. The molecule has 0 radical (unpaired) electrons. The van der Waals surface area contributed by atoms with Gasteiger partial charge in [0, 0.05) is 0 Å². The molecule has 0 saturated carbocycles. The third kappa shape index (κ3) is 1.59. The predicted molar refractivity (Wildman–Crippen MR) is 68.9 cm³/mol. The molecule has 4 aliphatic carbocycles. The zero-order valence-corrected chi connectivity index (χ0v) is 8.93. The highest BCUT2D eigenvalue weighted by Crippen LogP contribution is 2.24. The van der Waals surface area contributed by atoms with Crippen LogP contribution < -0.4 is 0 Å². The van der Waals surface area contributed by atoms with Gasteiger partial charge in [0.25, 0.3) is 0 Å². The molecule has 4 aliphatic rings. The summed E-state index contributed by atoms with van der Waals surface area (Å²) in [5.74, 6) is 0. The van der Waals surface area contributed by atoms with Crippen LogP contribution in [-0.2, 0) is 0 Å². The van der Waals surface area contributed by atoms with Crippen LogP contribution >= 0.6 is 0 Å². The van der Waals surface area contributed by atoms with E-state index in [1.54, 1.807) is 0 Å². The Morgan fingerprint density at radius 3 is 0.875 bits per heavy atom. The van der Waals surface area contributed by atoms with E-state index in [2.05, 4.69) is 72.9 Å². The van der Waals surface area contributed by atoms with Gasteiger partial charge in [0.2, 0.25) is 0 Å². The first kappa shape index (κ1) is 9.17. The van der Waals surface area contributed by atoms with Gasteiger partial charge < -0.3 is 0 Å². The summed E-state index contributed by atoms with van der Waals surface area (Å²) in [7, 11) is 0. The highest BCUT2D eigenvalue weighted by Gasteiger charge is 2.04. The van der Waals surface area contributed by atoms with Crippen LogP contribution in [0.4, 0.5) is 0 Å². The lowest BCUT2D eigenvalue weighted by Crippen LogP contribution is -1.67. The lowest BCUT2D eigenvalue weighted by atomic mass is 10.2. The van der Waals surface area contributed by atoms with E-state index in [9.17, 15) is 0 Å². The first-order valence-corrected chi connectivity index (χ1v) is 5.48. The van der Waals surface area contributed by atoms with Crippen LogP contribution in [0.15, 0.2) is 95.2 Å². The molecule has 0 unspecified atom stereocenters. The molecule has 0 fully saturated rings. The zero-order chi connectivity index (χ0) is 10.8. The van der Waals surface area contributed by atoms with Gasteiger partial charge in [-0.2, -0.15) is 0 Å². The lowest BCUT2D eigenvalue weighted by Gasteiger charge is -1.85. The molecule has 16 heavy (non-hydrogen) atoms. The van der Waals surface area contributed by atoms with Crippen molar-refractivity contribution >= 4 is 0 Å². The van der Waals surface area contributed by atoms with Crippen LogP contribution in [-0.4, -0.2) is 0 Å². The number of hydrogen-bond donors (Lipinski definition) is 0. The SMILES string of the molecule is C1=CC2=CC=CC2=C1.C1=CC2=CC=CC2=C1. The summed E-state index contributed by atoms with van der Waals surface area (Å²) in [6.45, 7) is 0. The molecule has 0 aromatic carbocycles. The minimum absolute atomic E-state index is 1.35. The van der Waals surface area contributed by atoms with Crippen molar-refractivity contribution < 1.29 is 0 Å². The summed E-state index contributed by atoms with van der Waals surface area (Å²) < 4.78 is 0. The number of fused-ring (bicyclic) bond motifs is 2. The fraction of sp³-hybridized carbons (Fsp3) is 0. The van der Waals surface area contributed by atoms with E-state index in [0.29, 0.717) is 0 Å². The van der Waals surface area contributed by atoms with Gasteiger partial charge in [-0.25, -0.2) is 0 Å². The van der Waals surface area contributed by atoms with Crippen molar-refractivity contribution in [2.45, 2.75) is 0 Å². The Balaban J connectivity index is 0.000000101. The van der Waals surface area contributed by atoms with Gasteiger partial charge in [-0.05, 0) is 22.3 Å². The Kier molecular flexibility index (Phi) is 2.19. The van der Waals surface area contributed by atoms with E-state index in [-0.39, 0.29) is 0 Å². The molecule has 0 heterocycles. The molecule has 0 atom stereocenters. The summed E-state index contributed by atoms with van der Waals surface area (Å²) in [6.07, 6.45) is 25.3. The summed E-state index contributed by atoms with van der Waals surface area (Å²) in [6, 6.07) is 0. The van der Waals surface area contributed by atoms with Crippen LogP contribution in [0.25, 0.3) is 0 Å². The smallest absolute Gasteiger partial charge is 0.0184 e. The average Bonchev–Trinajstić information content (AvgIpc) is 2.99. The van der Waals surface area contributed by atoms with E-state index < -0.39 is 0 Å². The van der Waals surface area contributed by atoms with Crippen molar-refractivity contribution in [1.29, 1.82) is 0 Å². The molecule has 0 amide bonds. The van der Waals surface area contributed by atoms with E-state index >= 15 is 0 Å². The number of allylic oxidation sites excluding steroid dienone is 16. The van der Waals surface area contributed by atoms with E-state index in [0.717, 1.165) is 0 Å². The summed E-state index contributed by atoms with van der Waals surface area (Å²) >= 11 is 0. The maximum atomic E-state index is 2.12. The molecule has 0 aromatic rings. The van der Waals surface area contributed by atoms with Gasteiger partial charge in [0.1, 0.15) is 0 Å². The molecule has 76 valence electrons. The molecule has 0 nitrogen and oxygen atoms in total. The molecule has 0 N–H and O–H groups in total. The highest BCUT2D eigenvalue weighted by atomic mass is 14.1. The molecule has 0 saturated heterocycles. The van der Waals surface area contributed by atoms with Crippen LogP contribution in [0.3, 0.4) is 0 Å². The van der Waals surface area contributed by atoms with Gasteiger partial charge in [0.15, 0.2) is 0 Å². The Bertz CT molecular complexity index is 449. The van der Waals surface area contributed by atoms with E-state index in [4.69, 9.17) is 0 Å². The molecule has 0 heteroatoms. The number of hydrogen-bond acceptors (Lipinski definition) is 0. The van der Waals surface area contributed by atoms with Gasteiger partial charge in [0.05, 0.1) is 0 Å². The second-order valence-corrected chi connectivity index (χ2v) is 3.92. The van der Waals surface area contributed by atoms with Crippen molar-refractivity contribution in [2.24, 2.45) is 0 Å². The normalized spacial score (nSPS) is 21.0. The van der Waals surface area contributed by atoms with Crippen LogP contribution in [0.2, 0.25) is 0 Å². The lowest BCUT2D eigenvalue weighted by molar-refractivity contribution is 1.69. The van der Waals surface area contributed by atoms with E-state index in [1.165, 1.54) is 22.3 Å². The zero-order valence-electron chi connectivity index (χ0n) is 8.93. The Morgan fingerprint density at radius 2 is 0.625 bits per heavy atom. The summed E-state index contributed by atoms with van der Waals surface area (Å²) in [4.78, 5) is 0. The first-order chi connectivity index (χ1) is 7.93. The van der Waals surface area contributed by atoms with E-state index in [1.807, 2.05) is 0 Å². The summed E-state index contributed by atoms with van der Waals surface area (Å²) in [5, 5.41) is 0. The van der Waals surface area contributed by atoms with Gasteiger partial charge in [-0.15, -0.1) is 0 Å². The Morgan fingerprint density at radius 1 is 0.375 bits per heavy atom. The third-order valence-electron chi connectivity index (χ3n) is 2.87. The van der Waals surface area contributed by atoms with Crippen LogP contribution in [0.5, 0.6) is 0 Å². The van der Waals surface area contributed by atoms with Crippen molar-refractivity contribution in [1.82, 2.24) is 0 Å². The molecule has 0 spiro atoms. The molecular weight excluding hydrogens is 192 g/mol. The fourth-order valence-electron chi connectivity index (χ4n) is 2.01. The van der Waals surface area contributed by atoms with Crippen molar-refractivity contribution in [3.05, 3.63) is 95.2 Å². The number of rotatable bonds is 0. The predicted octanol–water partition coefficient (Wildman–Crippen LogP) is 3.96. The third-order valence-corrected chi connectivity index (χ3v) is 2.87. The maximum absolute atomic E-state index is 2.12. The minimum atomic E-state index is 1.35. The highest BCUT2D eigenvalue weighted by molar-refractivity contribution is 5.60. The molecule has 0 aromatic heterocycles. The Hall–Kier alpha value is -2.08. The second-order valence-electron chi connectivity index (χ2n) is 3.92. The molecule has 4 rings (SSSR count). The monoisotopic (exact) mass is 204 g/mol. The van der Waals surface area contributed by atoms with Crippen molar-refractivity contribution in [3.63, 3.8) is 0 Å². The van der Waals surface area contributed by atoms with Gasteiger partial charge in [-0.3, -0.25) is 0 Å². The molecule has 0 aliphatic heterocycles. The van der Waals surface area contributed by atoms with Crippen molar-refractivity contribution in [2.75, 3.05) is 0 Å². The largest absolute Gasteiger partial charge is 0.0610 e. The Labute approximate surface area is 95.7 Å². The second kappa shape index (κ2) is 3.82.